The van der Waals surface area contributed by atoms with Crippen LogP contribution in [0.3, 0.4) is 0 Å². The van der Waals surface area contributed by atoms with Crippen molar-refractivity contribution in [1.82, 2.24) is 10.2 Å². The fraction of sp³-hybridized carbons (Fsp3) is 0.818. The normalized spacial score (nSPS) is 20.3. The molecule has 0 spiro atoms. The lowest BCUT2D eigenvalue weighted by atomic mass is 9.99. The first kappa shape index (κ1) is 13.0. The van der Waals surface area contributed by atoms with Gasteiger partial charge in [-0.2, -0.15) is 0 Å². The summed E-state index contributed by atoms with van der Waals surface area (Å²) in [6.07, 6.45) is 0.338. The molecule has 0 radical (unpaired) electrons. The van der Waals surface area contributed by atoms with Crippen molar-refractivity contribution in [2.24, 2.45) is 0 Å². The Morgan fingerprint density at radius 2 is 2.25 bits per heavy atom. The number of ether oxygens (including phenoxy) is 1. The van der Waals surface area contributed by atoms with Crippen LogP contribution in [0.5, 0.6) is 0 Å². The van der Waals surface area contributed by atoms with Crippen molar-refractivity contribution >= 4 is 11.9 Å². The predicted molar refractivity (Wildman–Crippen MR) is 59.9 cm³/mol. The highest BCUT2D eigenvalue weighted by Crippen LogP contribution is 2.17. The largest absolute Gasteiger partial charge is 0.466 e. The van der Waals surface area contributed by atoms with Crippen LogP contribution in [0, 0.1) is 0 Å². The smallest absolute Gasteiger partial charge is 0.307 e. The highest BCUT2D eigenvalue weighted by atomic mass is 16.5. The summed E-state index contributed by atoms with van der Waals surface area (Å²) in [6.45, 7) is 7.92. The van der Waals surface area contributed by atoms with Gasteiger partial charge in [0.15, 0.2) is 0 Å². The van der Waals surface area contributed by atoms with Crippen molar-refractivity contribution < 1.29 is 14.3 Å². The molecule has 0 unspecified atom stereocenters. The molecule has 0 saturated carbocycles. The third kappa shape index (κ3) is 2.95. The zero-order chi connectivity index (χ0) is 12.2. The van der Waals surface area contributed by atoms with Crippen LogP contribution >= 0.6 is 0 Å². The molecule has 1 saturated heterocycles. The Morgan fingerprint density at radius 3 is 2.88 bits per heavy atom. The molecule has 1 amide bonds. The van der Waals surface area contributed by atoms with Gasteiger partial charge >= 0.3 is 5.97 Å². The quantitative estimate of drug-likeness (QED) is 0.696. The van der Waals surface area contributed by atoms with Crippen molar-refractivity contribution in [1.29, 1.82) is 0 Å². The monoisotopic (exact) mass is 228 g/mol. The number of nitrogens with zero attached hydrogens (tertiary/aromatic N) is 1. The number of hydrogen-bond acceptors (Lipinski definition) is 4. The summed E-state index contributed by atoms with van der Waals surface area (Å²) in [5.74, 6) is -0.188. The molecule has 1 rings (SSSR count). The van der Waals surface area contributed by atoms with Gasteiger partial charge in [0.1, 0.15) is 0 Å². The van der Waals surface area contributed by atoms with Crippen LogP contribution in [0.25, 0.3) is 0 Å². The minimum absolute atomic E-state index is 0.0163. The van der Waals surface area contributed by atoms with Gasteiger partial charge in [0.2, 0.25) is 5.91 Å². The maximum Gasteiger partial charge on any atom is 0.307 e. The number of esters is 1. The first-order valence-electron chi connectivity index (χ1n) is 5.67. The average molecular weight is 228 g/mol. The van der Waals surface area contributed by atoms with E-state index in [0.29, 0.717) is 26.1 Å². The van der Waals surface area contributed by atoms with E-state index in [1.54, 1.807) is 6.92 Å². The summed E-state index contributed by atoms with van der Waals surface area (Å²) >= 11 is 0. The molecule has 1 fully saturated rings. The number of nitrogens with one attached hydrogen (secondary N) is 1. The molecule has 0 bridgehead atoms. The number of carbonyl (C=O) groups excluding carboxylic acids is 2. The molecule has 16 heavy (non-hydrogen) atoms. The van der Waals surface area contributed by atoms with E-state index < -0.39 is 5.54 Å². The maximum absolute atomic E-state index is 11.6. The summed E-state index contributed by atoms with van der Waals surface area (Å²) in [4.78, 5) is 24.9. The Morgan fingerprint density at radius 1 is 1.56 bits per heavy atom. The lowest BCUT2D eigenvalue weighted by molar-refractivity contribution is -0.145. The Bertz CT molecular complexity index is 276. The molecule has 0 aromatic rings. The van der Waals surface area contributed by atoms with Gasteiger partial charge in [-0.25, -0.2) is 0 Å². The Kier molecular flexibility index (Phi) is 4.29. The summed E-state index contributed by atoms with van der Waals surface area (Å²) in [5.41, 5.74) is -0.537. The van der Waals surface area contributed by atoms with Crippen LogP contribution in [-0.2, 0) is 14.3 Å². The molecule has 1 aliphatic rings. The summed E-state index contributed by atoms with van der Waals surface area (Å²) in [6, 6.07) is 0. The minimum Gasteiger partial charge on any atom is -0.466 e. The van der Waals surface area contributed by atoms with Gasteiger partial charge in [-0.1, -0.05) is 0 Å². The molecule has 0 aromatic heterocycles. The van der Waals surface area contributed by atoms with Crippen molar-refractivity contribution in [2.45, 2.75) is 32.7 Å². The van der Waals surface area contributed by atoms with Crippen molar-refractivity contribution in [3.63, 3.8) is 0 Å². The summed E-state index contributed by atoms with van der Waals surface area (Å²) in [7, 11) is 0. The third-order valence-electron chi connectivity index (χ3n) is 2.90. The highest BCUT2D eigenvalue weighted by molar-refractivity contribution is 5.86. The third-order valence-corrected chi connectivity index (χ3v) is 2.90. The van der Waals surface area contributed by atoms with Crippen LogP contribution in [0.15, 0.2) is 0 Å². The summed E-state index contributed by atoms with van der Waals surface area (Å²) < 4.78 is 4.86. The number of carbonyl (C=O) groups is 2. The van der Waals surface area contributed by atoms with Gasteiger partial charge in [-0.15, -0.1) is 0 Å². The second-order valence-electron chi connectivity index (χ2n) is 4.36. The zero-order valence-corrected chi connectivity index (χ0v) is 10.2. The second-order valence-corrected chi connectivity index (χ2v) is 4.36. The maximum atomic E-state index is 11.6. The SMILES string of the molecule is CCOC(=O)CCN1CCNC(=O)C1(C)C. The topological polar surface area (TPSA) is 58.6 Å². The van der Waals surface area contributed by atoms with Crippen LogP contribution in [0.4, 0.5) is 0 Å². The highest BCUT2D eigenvalue weighted by Gasteiger charge is 2.37. The van der Waals surface area contributed by atoms with Gasteiger partial charge < -0.3 is 10.1 Å². The first-order chi connectivity index (χ1) is 7.48. The molecule has 0 atom stereocenters. The molecule has 1 aliphatic heterocycles. The lowest BCUT2D eigenvalue weighted by Crippen LogP contribution is -2.61. The van der Waals surface area contributed by atoms with Gasteiger partial charge in [-0.3, -0.25) is 14.5 Å². The lowest BCUT2D eigenvalue weighted by Gasteiger charge is -2.40. The fourth-order valence-corrected chi connectivity index (χ4v) is 1.79. The Hall–Kier alpha value is -1.10. The van der Waals surface area contributed by atoms with E-state index in [1.807, 2.05) is 18.7 Å². The molecule has 0 aliphatic carbocycles. The molecule has 1 heterocycles. The number of rotatable bonds is 4. The standard InChI is InChI=1S/C11H20N2O3/c1-4-16-9(14)5-7-13-8-6-12-10(15)11(13,2)3/h4-8H2,1-3H3,(H,12,15). The van der Waals surface area contributed by atoms with Crippen LogP contribution in [0.2, 0.25) is 0 Å². The average Bonchev–Trinajstić information content (AvgIpc) is 2.21. The van der Waals surface area contributed by atoms with E-state index in [-0.39, 0.29) is 11.9 Å². The Balaban J connectivity index is 2.46. The van der Waals surface area contributed by atoms with Crippen LogP contribution < -0.4 is 5.32 Å². The van der Waals surface area contributed by atoms with Crippen molar-refractivity contribution in [3.05, 3.63) is 0 Å². The van der Waals surface area contributed by atoms with Gasteiger partial charge in [0, 0.05) is 19.6 Å². The summed E-state index contributed by atoms with van der Waals surface area (Å²) in [5, 5.41) is 2.82. The van der Waals surface area contributed by atoms with E-state index >= 15 is 0 Å². The number of hydrogen-bond donors (Lipinski definition) is 1. The molecular weight excluding hydrogens is 208 g/mol. The Labute approximate surface area is 96.1 Å². The predicted octanol–water partition coefficient (Wildman–Crippen LogP) is 0.150. The molecule has 1 N–H and O–H groups in total. The zero-order valence-electron chi connectivity index (χ0n) is 10.2. The number of piperazine rings is 1. The van der Waals surface area contributed by atoms with E-state index in [1.165, 1.54) is 0 Å². The second kappa shape index (κ2) is 5.30. The van der Waals surface area contributed by atoms with Gasteiger partial charge in [0.25, 0.3) is 0 Å². The molecule has 5 heteroatoms. The molecular formula is C11H20N2O3. The van der Waals surface area contributed by atoms with Crippen molar-refractivity contribution in [3.8, 4) is 0 Å². The van der Waals surface area contributed by atoms with Gasteiger partial charge in [0.05, 0.1) is 18.6 Å². The number of amides is 1. The fourth-order valence-electron chi connectivity index (χ4n) is 1.79. The van der Waals surface area contributed by atoms with E-state index in [4.69, 9.17) is 4.74 Å². The van der Waals surface area contributed by atoms with E-state index in [9.17, 15) is 9.59 Å². The van der Waals surface area contributed by atoms with Gasteiger partial charge in [-0.05, 0) is 20.8 Å². The van der Waals surface area contributed by atoms with E-state index in [2.05, 4.69) is 5.32 Å². The molecule has 92 valence electrons. The van der Waals surface area contributed by atoms with Crippen LogP contribution in [-0.4, -0.2) is 48.6 Å². The molecule has 5 nitrogen and oxygen atoms in total. The van der Waals surface area contributed by atoms with Crippen molar-refractivity contribution in [2.75, 3.05) is 26.2 Å². The molecule has 0 aromatic carbocycles. The minimum atomic E-state index is -0.537. The first-order valence-corrected chi connectivity index (χ1v) is 5.67. The van der Waals surface area contributed by atoms with Crippen LogP contribution in [0.1, 0.15) is 27.2 Å². The van der Waals surface area contributed by atoms with E-state index in [0.717, 1.165) is 6.54 Å².